The number of fused-ring (bicyclic) bond motifs is 1. The van der Waals surface area contributed by atoms with Crippen LogP contribution in [0.5, 0.6) is 0 Å². The van der Waals surface area contributed by atoms with Gasteiger partial charge in [-0.2, -0.15) is 0 Å². The number of carbonyl (C=O) groups excluding carboxylic acids is 2. The first-order chi connectivity index (χ1) is 12.0. The number of aryl methyl sites for hydroxylation is 1. The van der Waals surface area contributed by atoms with Crippen LogP contribution in [0.25, 0.3) is 10.9 Å². The van der Waals surface area contributed by atoms with E-state index >= 15 is 0 Å². The van der Waals surface area contributed by atoms with Crippen LogP contribution >= 0.6 is 0 Å². The van der Waals surface area contributed by atoms with Crippen molar-refractivity contribution in [1.82, 2.24) is 9.55 Å². The smallest absolute Gasteiger partial charge is 0.264 e. The summed E-state index contributed by atoms with van der Waals surface area (Å²) in [5.41, 5.74) is 5.23. The van der Waals surface area contributed by atoms with E-state index in [2.05, 4.69) is 4.98 Å². The molecule has 6 heteroatoms. The van der Waals surface area contributed by atoms with E-state index in [0.717, 1.165) is 0 Å². The minimum Gasteiger partial charge on any atom is -0.398 e. The molecule has 3 rings (SSSR count). The van der Waals surface area contributed by atoms with Gasteiger partial charge in [0.15, 0.2) is 5.78 Å². The zero-order valence-electron chi connectivity index (χ0n) is 15.9. The topological polar surface area (TPSA) is 95.0 Å². The van der Waals surface area contributed by atoms with Crippen molar-refractivity contribution >= 4 is 28.2 Å². The summed E-state index contributed by atoms with van der Waals surface area (Å²) in [6, 6.07) is 2.58. The third-order valence-corrected chi connectivity index (χ3v) is 3.28. The van der Waals surface area contributed by atoms with Crippen molar-refractivity contribution in [1.29, 1.82) is 0 Å². The van der Waals surface area contributed by atoms with E-state index in [0.29, 0.717) is 4.57 Å². The lowest BCUT2D eigenvalue weighted by atomic mass is 9.92. The van der Waals surface area contributed by atoms with Crippen molar-refractivity contribution in [3.8, 4) is 0 Å². The molecule has 1 aliphatic carbocycles. The Kier molecular flexibility index (Phi) is 1.99. The Morgan fingerprint density at radius 2 is 2.24 bits per heavy atom. The number of hydrogen-bond donors (Lipinski definition) is 1. The standard InChI is InChI=1S/C15H15N3O3/c1-8-17-11-4-2-3-10(16)14(11)15(21)18(8)12-6-5-9(19)7-13(12)20/h2-4,12H,5-7,16H2,1H3/i1D,5D2,6D2. The second kappa shape index (κ2) is 4.80. The number of carbonyl (C=O) groups is 2. The van der Waals surface area contributed by atoms with E-state index in [1.807, 2.05) is 0 Å². The highest BCUT2D eigenvalue weighted by Gasteiger charge is 2.30. The molecule has 1 aromatic heterocycles. The van der Waals surface area contributed by atoms with Crippen LogP contribution in [-0.2, 0) is 9.59 Å². The van der Waals surface area contributed by atoms with Gasteiger partial charge in [-0.05, 0) is 25.4 Å². The maximum absolute atomic E-state index is 13.0. The first-order valence-electron chi connectivity index (χ1n) is 8.89. The molecule has 0 radical (unpaired) electrons. The fourth-order valence-corrected chi connectivity index (χ4v) is 2.32. The van der Waals surface area contributed by atoms with E-state index in [9.17, 15) is 14.4 Å². The second-order valence-corrected chi connectivity index (χ2v) is 4.68. The third-order valence-electron chi connectivity index (χ3n) is 3.28. The highest BCUT2D eigenvalue weighted by Crippen LogP contribution is 2.24. The average molecular weight is 290 g/mol. The molecule has 1 aromatic carbocycles. The van der Waals surface area contributed by atoms with Gasteiger partial charge in [0.25, 0.3) is 5.56 Å². The van der Waals surface area contributed by atoms with Gasteiger partial charge in [-0.3, -0.25) is 19.0 Å². The normalized spacial score (nSPS) is 27.4. The van der Waals surface area contributed by atoms with Crippen LogP contribution in [0, 0.1) is 6.90 Å². The molecule has 1 aliphatic rings. The van der Waals surface area contributed by atoms with Crippen molar-refractivity contribution in [3.05, 3.63) is 34.4 Å². The van der Waals surface area contributed by atoms with E-state index < -0.39 is 49.2 Å². The number of benzene rings is 1. The Hall–Kier alpha value is -2.50. The molecule has 0 aliphatic heterocycles. The van der Waals surface area contributed by atoms with E-state index in [-0.39, 0.29) is 22.4 Å². The number of nitrogens with two attached hydrogens (primary N) is 1. The van der Waals surface area contributed by atoms with Crippen LogP contribution in [0.2, 0.25) is 0 Å². The van der Waals surface area contributed by atoms with Gasteiger partial charge in [-0.25, -0.2) is 4.98 Å². The zero-order chi connectivity index (χ0) is 19.4. The number of nitrogen functional groups attached to an aromatic ring is 1. The molecule has 0 spiro atoms. The van der Waals surface area contributed by atoms with Crippen LogP contribution in [0.15, 0.2) is 23.0 Å². The summed E-state index contributed by atoms with van der Waals surface area (Å²) in [7, 11) is 0. The van der Waals surface area contributed by atoms with Crippen molar-refractivity contribution < 1.29 is 16.4 Å². The lowest BCUT2D eigenvalue weighted by Gasteiger charge is -2.24. The maximum Gasteiger partial charge on any atom is 0.264 e. The minimum absolute atomic E-state index is 0.0502. The highest BCUT2D eigenvalue weighted by molar-refractivity contribution is 6.03. The molecule has 108 valence electrons. The van der Waals surface area contributed by atoms with Crippen LogP contribution in [-0.4, -0.2) is 21.1 Å². The number of Topliss-reactive ketones (excluding diaryl/α,β-unsaturated/α-hetero) is 2. The second-order valence-electron chi connectivity index (χ2n) is 4.68. The fraction of sp³-hybridized carbons (Fsp3) is 0.333. The number of nitrogens with zero attached hydrogens (tertiary/aromatic N) is 2. The lowest BCUT2D eigenvalue weighted by molar-refractivity contribution is -0.132. The summed E-state index contributed by atoms with van der Waals surface area (Å²) in [5, 5.41) is -0.0502. The Morgan fingerprint density at radius 1 is 1.43 bits per heavy atom. The van der Waals surface area contributed by atoms with Crippen LogP contribution in [0.3, 0.4) is 0 Å². The molecule has 1 unspecified atom stereocenters. The van der Waals surface area contributed by atoms with Crippen LogP contribution < -0.4 is 11.3 Å². The maximum atomic E-state index is 13.0. The SMILES string of the molecule is [2H]Cc1nc2cccc(N)c2c(=O)n1C1C(=O)CC(=O)C([2H])([2H])C1([2H])[2H]. The lowest BCUT2D eigenvalue weighted by Crippen LogP contribution is -2.36. The van der Waals surface area contributed by atoms with E-state index in [1.54, 1.807) is 6.07 Å². The van der Waals surface area contributed by atoms with E-state index in [1.165, 1.54) is 12.1 Å². The van der Waals surface area contributed by atoms with Gasteiger partial charge < -0.3 is 5.73 Å². The molecule has 0 amide bonds. The summed E-state index contributed by atoms with van der Waals surface area (Å²) in [6.45, 7) is -0.545. The monoisotopic (exact) mass is 290 g/mol. The molecule has 0 saturated heterocycles. The van der Waals surface area contributed by atoms with Crippen LogP contribution in [0.4, 0.5) is 5.69 Å². The van der Waals surface area contributed by atoms with Gasteiger partial charge >= 0.3 is 0 Å². The number of anilines is 1. The van der Waals surface area contributed by atoms with Gasteiger partial charge in [0.1, 0.15) is 11.6 Å². The van der Waals surface area contributed by atoms with Gasteiger partial charge in [-0.15, -0.1) is 0 Å². The van der Waals surface area contributed by atoms with Crippen molar-refractivity contribution in [2.75, 3.05) is 5.73 Å². The van der Waals surface area contributed by atoms with Gasteiger partial charge in [0, 0.05) is 18.9 Å². The Labute approximate surface area is 127 Å². The van der Waals surface area contributed by atoms with Crippen LogP contribution in [0.1, 0.15) is 37.9 Å². The average Bonchev–Trinajstić information content (AvgIpc) is 2.55. The number of aromatic nitrogens is 2. The first-order valence-corrected chi connectivity index (χ1v) is 6.19. The van der Waals surface area contributed by atoms with Crippen molar-refractivity contribution in [2.24, 2.45) is 0 Å². The molecule has 1 fully saturated rings. The highest BCUT2D eigenvalue weighted by atomic mass is 16.2. The van der Waals surface area contributed by atoms with Gasteiger partial charge in [0.05, 0.1) is 23.4 Å². The largest absolute Gasteiger partial charge is 0.398 e. The predicted molar refractivity (Wildman–Crippen MR) is 78.1 cm³/mol. The quantitative estimate of drug-likeness (QED) is 0.628. The van der Waals surface area contributed by atoms with E-state index in [4.69, 9.17) is 12.6 Å². The summed E-state index contributed by atoms with van der Waals surface area (Å²) in [4.78, 5) is 41.4. The molecule has 0 bridgehead atoms. The Bertz CT molecular complexity index is 1000. The molecular weight excluding hydrogens is 270 g/mol. The summed E-state index contributed by atoms with van der Waals surface area (Å²) in [6.07, 6.45) is -6.81. The molecule has 6 nitrogen and oxygen atoms in total. The first kappa shape index (κ1) is 8.71. The summed E-state index contributed by atoms with van der Waals surface area (Å²) in [5.74, 6) is -2.33. The molecule has 2 aromatic rings. The number of ketones is 2. The molecule has 21 heavy (non-hydrogen) atoms. The van der Waals surface area contributed by atoms with Crippen molar-refractivity contribution in [2.45, 2.75) is 32.1 Å². The van der Waals surface area contributed by atoms with Crippen molar-refractivity contribution in [3.63, 3.8) is 0 Å². The number of hydrogen-bond acceptors (Lipinski definition) is 5. The molecule has 1 heterocycles. The third kappa shape index (κ3) is 2.12. The Balaban J connectivity index is 2.39. The molecule has 1 saturated carbocycles. The fourth-order valence-electron chi connectivity index (χ4n) is 2.32. The molecule has 2 N–H and O–H groups in total. The predicted octanol–water partition coefficient (Wildman–Crippen LogP) is 1.15. The zero-order valence-corrected chi connectivity index (χ0v) is 10.9. The van der Waals surface area contributed by atoms with Gasteiger partial charge in [-0.1, -0.05) is 6.07 Å². The molecular formula is C15H15N3O3. The minimum atomic E-state index is -2.99. The number of rotatable bonds is 1. The Morgan fingerprint density at radius 3 is 3.00 bits per heavy atom. The summed E-state index contributed by atoms with van der Waals surface area (Å²) >= 11 is 0. The summed E-state index contributed by atoms with van der Waals surface area (Å²) < 4.78 is 40.0. The van der Waals surface area contributed by atoms with Gasteiger partial charge in [0.2, 0.25) is 0 Å². The molecule has 1 atom stereocenters.